The minimum absolute atomic E-state index is 0.0150. The molecule has 4 rings (SSSR count). The van der Waals surface area contributed by atoms with Crippen molar-refractivity contribution in [2.75, 3.05) is 6.61 Å². The molecule has 1 aliphatic rings. The largest absolute Gasteiger partial charge is 0.484 e. The molecule has 0 unspecified atom stereocenters. The summed E-state index contributed by atoms with van der Waals surface area (Å²) >= 11 is 0. The molecule has 1 N–H and O–H groups in total. The normalized spacial score (nSPS) is 13.6. The number of ether oxygens (including phenoxy) is 1. The van der Waals surface area contributed by atoms with Gasteiger partial charge in [0.15, 0.2) is 6.61 Å². The fourth-order valence-electron chi connectivity index (χ4n) is 2.76. The zero-order chi connectivity index (χ0) is 17.1. The summed E-state index contributed by atoms with van der Waals surface area (Å²) in [5, 5.41) is 5.08. The van der Waals surface area contributed by atoms with Crippen molar-refractivity contribution < 1.29 is 9.53 Å². The van der Waals surface area contributed by atoms with Crippen LogP contribution >= 0.6 is 0 Å². The molecule has 1 fully saturated rings. The Morgan fingerprint density at radius 2 is 1.92 bits per heavy atom. The first kappa shape index (κ1) is 15.6. The number of hydrogen-bond donors (Lipinski definition) is 1. The topological polar surface area (TPSA) is 64.1 Å². The minimum atomic E-state index is -0.167. The first-order valence-corrected chi connectivity index (χ1v) is 8.47. The van der Waals surface area contributed by atoms with Crippen LogP contribution in [0.25, 0.3) is 10.8 Å². The molecule has 25 heavy (non-hydrogen) atoms. The van der Waals surface area contributed by atoms with Gasteiger partial charge in [-0.1, -0.05) is 30.3 Å². The van der Waals surface area contributed by atoms with Gasteiger partial charge < -0.3 is 10.1 Å². The average molecular weight is 333 g/mol. The van der Waals surface area contributed by atoms with Gasteiger partial charge in [0, 0.05) is 11.6 Å². The van der Waals surface area contributed by atoms with Crippen molar-refractivity contribution in [3.63, 3.8) is 0 Å². The summed E-state index contributed by atoms with van der Waals surface area (Å²) in [7, 11) is 0. The van der Waals surface area contributed by atoms with Gasteiger partial charge in [-0.15, -0.1) is 0 Å². The number of fused-ring (bicyclic) bond motifs is 1. The Morgan fingerprint density at radius 1 is 1.08 bits per heavy atom. The summed E-state index contributed by atoms with van der Waals surface area (Å²) in [6, 6.07) is 15.8. The quantitative estimate of drug-likeness (QED) is 0.752. The molecule has 0 aliphatic heterocycles. The van der Waals surface area contributed by atoms with E-state index in [1.54, 1.807) is 6.33 Å². The van der Waals surface area contributed by atoms with Gasteiger partial charge in [0.2, 0.25) is 0 Å². The van der Waals surface area contributed by atoms with E-state index < -0.39 is 0 Å². The van der Waals surface area contributed by atoms with Crippen LogP contribution in [0.5, 0.6) is 5.75 Å². The van der Waals surface area contributed by atoms with E-state index in [2.05, 4.69) is 15.3 Å². The van der Waals surface area contributed by atoms with Gasteiger partial charge in [0.25, 0.3) is 5.91 Å². The van der Waals surface area contributed by atoms with Crippen molar-refractivity contribution in [1.29, 1.82) is 0 Å². The van der Waals surface area contributed by atoms with Crippen molar-refractivity contribution in [3.05, 3.63) is 66.2 Å². The van der Waals surface area contributed by atoms with Gasteiger partial charge in [-0.3, -0.25) is 4.79 Å². The van der Waals surface area contributed by atoms with Gasteiger partial charge in [-0.05, 0) is 41.8 Å². The third-order valence-corrected chi connectivity index (χ3v) is 4.30. The lowest BCUT2D eigenvalue weighted by Crippen LogP contribution is -2.28. The molecule has 3 aromatic rings. The van der Waals surface area contributed by atoms with E-state index in [1.807, 2.05) is 48.5 Å². The number of carbonyl (C=O) groups is 1. The van der Waals surface area contributed by atoms with Crippen LogP contribution in [0.4, 0.5) is 0 Å². The van der Waals surface area contributed by atoms with Gasteiger partial charge in [0.05, 0.1) is 12.2 Å². The van der Waals surface area contributed by atoms with Crippen LogP contribution in [-0.2, 0) is 11.3 Å². The number of carbonyl (C=O) groups excluding carboxylic acids is 1. The standard InChI is InChI=1S/C20H19N3O2/c24-20(21-11-17-10-19(15-5-6-15)23-13-22-17)12-25-18-8-7-14-3-1-2-4-16(14)9-18/h1-4,7-10,13,15H,5-6,11-12H2,(H,21,24). The second-order valence-electron chi connectivity index (χ2n) is 6.28. The average Bonchev–Trinajstić information content (AvgIpc) is 3.50. The lowest BCUT2D eigenvalue weighted by Gasteiger charge is -2.08. The molecule has 126 valence electrons. The molecule has 1 heterocycles. The van der Waals surface area contributed by atoms with Crippen LogP contribution in [0.1, 0.15) is 30.1 Å². The molecule has 0 radical (unpaired) electrons. The molecule has 1 saturated carbocycles. The van der Waals surface area contributed by atoms with Crippen LogP contribution < -0.4 is 10.1 Å². The van der Waals surface area contributed by atoms with Crippen LogP contribution in [0.15, 0.2) is 54.9 Å². The van der Waals surface area contributed by atoms with Gasteiger partial charge >= 0.3 is 0 Å². The van der Waals surface area contributed by atoms with E-state index >= 15 is 0 Å². The molecule has 0 atom stereocenters. The third kappa shape index (κ3) is 3.94. The molecule has 0 bridgehead atoms. The zero-order valence-electron chi connectivity index (χ0n) is 13.8. The highest BCUT2D eigenvalue weighted by Gasteiger charge is 2.25. The molecule has 2 aromatic carbocycles. The van der Waals surface area contributed by atoms with Gasteiger partial charge in [0.1, 0.15) is 12.1 Å². The van der Waals surface area contributed by atoms with Crippen LogP contribution in [-0.4, -0.2) is 22.5 Å². The first-order chi connectivity index (χ1) is 12.3. The minimum Gasteiger partial charge on any atom is -0.484 e. The summed E-state index contributed by atoms with van der Waals surface area (Å²) in [6.45, 7) is 0.376. The highest BCUT2D eigenvalue weighted by atomic mass is 16.5. The van der Waals surface area contributed by atoms with E-state index in [0.717, 1.165) is 22.2 Å². The number of aromatic nitrogens is 2. The lowest BCUT2D eigenvalue weighted by atomic mass is 10.1. The van der Waals surface area contributed by atoms with Crippen molar-refractivity contribution in [1.82, 2.24) is 15.3 Å². The number of benzene rings is 2. The predicted molar refractivity (Wildman–Crippen MR) is 95.3 cm³/mol. The number of nitrogens with zero attached hydrogens (tertiary/aromatic N) is 2. The number of nitrogens with one attached hydrogen (secondary N) is 1. The predicted octanol–water partition coefficient (Wildman–Crippen LogP) is 3.20. The molecule has 1 amide bonds. The van der Waals surface area contributed by atoms with Crippen LogP contribution in [0.3, 0.4) is 0 Å². The monoisotopic (exact) mass is 333 g/mol. The molecule has 5 heteroatoms. The van der Waals surface area contributed by atoms with Crippen molar-refractivity contribution >= 4 is 16.7 Å². The van der Waals surface area contributed by atoms with E-state index in [9.17, 15) is 4.79 Å². The van der Waals surface area contributed by atoms with E-state index in [1.165, 1.54) is 12.8 Å². The Labute approximate surface area is 146 Å². The Balaban J connectivity index is 1.30. The third-order valence-electron chi connectivity index (χ3n) is 4.30. The number of rotatable bonds is 6. The molecule has 0 saturated heterocycles. The molecule has 0 spiro atoms. The summed E-state index contributed by atoms with van der Waals surface area (Å²) in [5.41, 5.74) is 1.91. The molecule has 5 nitrogen and oxygen atoms in total. The fraction of sp³-hybridized carbons (Fsp3) is 0.250. The molecular weight excluding hydrogens is 314 g/mol. The summed E-state index contributed by atoms with van der Waals surface area (Å²) < 4.78 is 5.59. The maximum atomic E-state index is 12.0. The van der Waals surface area contributed by atoms with Crippen LogP contribution in [0.2, 0.25) is 0 Å². The maximum absolute atomic E-state index is 12.0. The van der Waals surface area contributed by atoms with Gasteiger partial charge in [-0.25, -0.2) is 9.97 Å². The molecule has 1 aromatic heterocycles. The summed E-state index contributed by atoms with van der Waals surface area (Å²) in [5.74, 6) is 1.10. The SMILES string of the molecule is O=C(COc1ccc2ccccc2c1)NCc1cc(C2CC2)ncn1. The fourth-order valence-corrected chi connectivity index (χ4v) is 2.76. The van der Waals surface area contributed by atoms with Crippen molar-refractivity contribution in [2.45, 2.75) is 25.3 Å². The van der Waals surface area contributed by atoms with E-state index in [4.69, 9.17) is 4.74 Å². The molecule has 1 aliphatic carbocycles. The summed E-state index contributed by atoms with van der Waals surface area (Å²) in [6.07, 6.45) is 3.96. The highest BCUT2D eigenvalue weighted by Crippen LogP contribution is 2.38. The summed E-state index contributed by atoms with van der Waals surface area (Å²) in [4.78, 5) is 20.5. The number of amides is 1. The Hall–Kier alpha value is -2.95. The Kier molecular flexibility index (Phi) is 4.29. The second-order valence-corrected chi connectivity index (χ2v) is 6.28. The van der Waals surface area contributed by atoms with Crippen molar-refractivity contribution in [2.24, 2.45) is 0 Å². The van der Waals surface area contributed by atoms with Crippen LogP contribution in [0, 0.1) is 0 Å². The van der Waals surface area contributed by atoms with E-state index in [-0.39, 0.29) is 12.5 Å². The second kappa shape index (κ2) is 6.89. The smallest absolute Gasteiger partial charge is 0.258 e. The Bertz CT molecular complexity index is 906. The van der Waals surface area contributed by atoms with Crippen molar-refractivity contribution in [3.8, 4) is 5.75 Å². The molecular formula is C20H19N3O2. The van der Waals surface area contributed by atoms with Gasteiger partial charge in [-0.2, -0.15) is 0 Å². The number of hydrogen-bond acceptors (Lipinski definition) is 4. The van der Waals surface area contributed by atoms with E-state index in [0.29, 0.717) is 18.2 Å². The maximum Gasteiger partial charge on any atom is 0.258 e. The zero-order valence-corrected chi connectivity index (χ0v) is 13.8. The Morgan fingerprint density at radius 3 is 2.76 bits per heavy atom. The highest BCUT2D eigenvalue weighted by molar-refractivity contribution is 5.84. The lowest BCUT2D eigenvalue weighted by molar-refractivity contribution is -0.123. The first-order valence-electron chi connectivity index (χ1n) is 8.47.